The Labute approximate surface area is 121 Å². The lowest BCUT2D eigenvalue weighted by Gasteiger charge is -2.22. The Morgan fingerprint density at radius 3 is 2.29 bits per heavy atom. The Morgan fingerprint density at radius 1 is 1.29 bits per heavy atom. The van der Waals surface area contributed by atoms with E-state index in [-0.39, 0.29) is 24.3 Å². The van der Waals surface area contributed by atoms with Crippen molar-refractivity contribution in [3.8, 4) is 0 Å². The van der Waals surface area contributed by atoms with Gasteiger partial charge in [0, 0.05) is 6.54 Å². The molecule has 8 heteroatoms. The Hall–Kier alpha value is -1.12. The van der Waals surface area contributed by atoms with Gasteiger partial charge in [0.25, 0.3) is 0 Å². The second-order valence-corrected chi connectivity index (χ2v) is 7.08. The molecule has 0 saturated heterocycles. The van der Waals surface area contributed by atoms with E-state index in [1.54, 1.807) is 19.9 Å². The highest BCUT2D eigenvalue weighted by Crippen LogP contribution is 2.49. The second-order valence-electron chi connectivity index (χ2n) is 5.43. The van der Waals surface area contributed by atoms with Gasteiger partial charge in [-0.3, -0.25) is 0 Å². The normalized spacial score (nSPS) is 17.8. The highest BCUT2D eigenvalue weighted by molar-refractivity contribution is 7.89. The Bertz CT molecular complexity index is 665. The van der Waals surface area contributed by atoms with E-state index in [0.29, 0.717) is 16.7 Å². The standard InChI is InChI=1S/C13H17F3N2O2S/c1-8-5-10(7-17)6-11(9(8)2)21(19,20)18-12(3-4-12)13(14,15)16/h5-6,18H,3-4,7,17H2,1-2H3. The van der Waals surface area contributed by atoms with Crippen molar-refractivity contribution in [2.45, 2.75) is 49.8 Å². The van der Waals surface area contributed by atoms with Crippen LogP contribution in [0.25, 0.3) is 0 Å². The molecule has 1 aliphatic carbocycles. The van der Waals surface area contributed by atoms with E-state index in [2.05, 4.69) is 0 Å². The molecule has 3 N–H and O–H groups in total. The van der Waals surface area contributed by atoms with Crippen LogP contribution in [0, 0.1) is 13.8 Å². The quantitative estimate of drug-likeness (QED) is 0.892. The van der Waals surface area contributed by atoms with Crippen LogP contribution < -0.4 is 10.5 Å². The Balaban J connectivity index is 2.44. The molecular weight excluding hydrogens is 305 g/mol. The molecule has 0 heterocycles. The third-order valence-electron chi connectivity index (χ3n) is 3.83. The minimum atomic E-state index is -4.59. The summed E-state index contributed by atoms with van der Waals surface area (Å²) in [5.74, 6) is 0. The summed E-state index contributed by atoms with van der Waals surface area (Å²) in [4.78, 5) is -0.140. The van der Waals surface area contributed by atoms with Crippen molar-refractivity contribution in [3.05, 3.63) is 28.8 Å². The second kappa shape index (κ2) is 4.96. The minimum Gasteiger partial charge on any atom is -0.326 e. The Kier molecular flexibility index (Phi) is 3.84. The van der Waals surface area contributed by atoms with E-state index >= 15 is 0 Å². The molecule has 0 aromatic heterocycles. The largest absolute Gasteiger partial charge is 0.407 e. The number of hydrogen-bond donors (Lipinski definition) is 2. The van der Waals surface area contributed by atoms with Crippen LogP contribution in [-0.4, -0.2) is 20.1 Å². The van der Waals surface area contributed by atoms with Gasteiger partial charge in [-0.1, -0.05) is 6.07 Å². The van der Waals surface area contributed by atoms with Crippen molar-refractivity contribution in [1.82, 2.24) is 4.72 Å². The molecule has 4 nitrogen and oxygen atoms in total. The molecule has 2 rings (SSSR count). The smallest absolute Gasteiger partial charge is 0.326 e. The van der Waals surface area contributed by atoms with Crippen LogP contribution in [-0.2, 0) is 16.6 Å². The van der Waals surface area contributed by atoms with Gasteiger partial charge in [0.05, 0.1) is 4.90 Å². The summed E-state index contributed by atoms with van der Waals surface area (Å²) in [5.41, 5.74) is 4.85. The first-order valence-corrected chi connectivity index (χ1v) is 7.92. The number of benzene rings is 1. The molecule has 0 atom stereocenters. The third-order valence-corrected chi connectivity index (χ3v) is 5.49. The summed E-state index contributed by atoms with van der Waals surface area (Å²) in [6.45, 7) is 3.38. The summed E-state index contributed by atoms with van der Waals surface area (Å²) in [7, 11) is -4.25. The fourth-order valence-corrected chi connectivity index (χ4v) is 3.99. The van der Waals surface area contributed by atoms with Gasteiger partial charge in [0.2, 0.25) is 10.0 Å². The fraction of sp³-hybridized carbons (Fsp3) is 0.538. The van der Waals surface area contributed by atoms with Crippen molar-refractivity contribution in [2.75, 3.05) is 0 Å². The molecule has 118 valence electrons. The van der Waals surface area contributed by atoms with Crippen LogP contribution in [0.2, 0.25) is 0 Å². The van der Waals surface area contributed by atoms with Crippen molar-refractivity contribution < 1.29 is 21.6 Å². The van der Waals surface area contributed by atoms with Gasteiger partial charge < -0.3 is 5.73 Å². The van der Waals surface area contributed by atoms with E-state index in [1.807, 2.05) is 4.72 Å². The SMILES string of the molecule is Cc1cc(CN)cc(S(=O)(=O)NC2(C(F)(F)F)CC2)c1C. The minimum absolute atomic E-state index is 0.119. The van der Waals surface area contributed by atoms with Gasteiger partial charge >= 0.3 is 6.18 Å². The highest BCUT2D eigenvalue weighted by Gasteiger charge is 2.65. The zero-order valence-electron chi connectivity index (χ0n) is 11.7. The molecule has 1 aromatic carbocycles. The number of sulfonamides is 1. The average Bonchev–Trinajstić information content (AvgIpc) is 3.11. The first kappa shape index (κ1) is 16.3. The van der Waals surface area contributed by atoms with Crippen LogP contribution in [0.15, 0.2) is 17.0 Å². The van der Waals surface area contributed by atoms with Crippen LogP contribution >= 0.6 is 0 Å². The lowest BCUT2D eigenvalue weighted by atomic mass is 10.1. The van der Waals surface area contributed by atoms with Crippen molar-refractivity contribution in [1.29, 1.82) is 0 Å². The summed E-state index contributed by atoms with van der Waals surface area (Å²) < 4.78 is 65.2. The number of alkyl halides is 3. The van der Waals surface area contributed by atoms with Gasteiger partial charge in [0.15, 0.2) is 0 Å². The van der Waals surface area contributed by atoms with Gasteiger partial charge in [-0.15, -0.1) is 0 Å². The van der Waals surface area contributed by atoms with Crippen molar-refractivity contribution in [3.63, 3.8) is 0 Å². The molecule has 1 fully saturated rings. The number of hydrogen-bond acceptors (Lipinski definition) is 3. The molecule has 21 heavy (non-hydrogen) atoms. The van der Waals surface area contributed by atoms with E-state index < -0.39 is 21.7 Å². The molecule has 1 saturated carbocycles. The maximum absolute atomic E-state index is 12.9. The maximum atomic E-state index is 12.9. The number of nitrogens with two attached hydrogens (primary N) is 1. The molecular formula is C13H17F3N2O2S. The van der Waals surface area contributed by atoms with Crippen LogP contribution in [0.3, 0.4) is 0 Å². The number of nitrogens with one attached hydrogen (secondary N) is 1. The first-order chi connectivity index (χ1) is 9.52. The number of aryl methyl sites for hydroxylation is 1. The van der Waals surface area contributed by atoms with Crippen molar-refractivity contribution in [2.24, 2.45) is 5.73 Å². The number of rotatable bonds is 4. The molecule has 0 spiro atoms. The monoisotopic (exact) mass is 322 g/mol. The Morgan fingerprint density at radius 2 is 1.86 bits per heavy atom. The van der Waals surface area contributed by atoms with Crippen LogP contribution in [0.1, 0.15) is 29.5 Å². The van der Waals surface area contributed by atoms with Crippen molar-refractivity contribution >= 4 is 10.0 Å². The predicted molar refractivity (Wildman–Crippen MR) is 72.1 cm³/mol. The summed E-state index contributed by atoms with van der Waals surface area (Å²) in [5, 5.41) is 0. The lowest BCUT2D eigenvalue weighted by Crippen LogP contribution is -2.47. The van der Waals surface area contributed by atoms with E-state index in [1.165, 1.54) is 6.07 Å². The number of halogens is 3. The zero-order valence-corrected chi connectivity index (χ0v) is 12.5. The van der Waals surface area contributed by atoms with Gasteiger partial charge in [-0.25, -0.2) is 8.42 Å². The van der Waals surface area contributed by atoms with E-state index in [0.717, 1.165) is 0 Å². The summed E-state index contributed by atoms with van der Waals surface area (Å²) in [6, 6.07) is 3.06. The molecule has 1 aromatic rings. The molecule has 0 bridgehead atoms. The molecule has 0 aliphatic heterocycles. The molecule has 0 radical (unpaired) electrons. The summed E-state index contributed by atoms with van der Waals surface area (Å²) in [6.07, 6.45) is -5.05. The third kappa shape index (κ3) is 2.93. The van der Waals surface area contributed by atoms with Gasteiger partial charge in [-0.2, -0.15) is 17.9 Å². The zero-order chi connectivity index (χ0) is 16.1. The van der Waals surface area contributed by atoms with E-state index in [9.17, 15) is 21.6 Å². The average molecular weight is 322 g/mol. The topological polar surface area (TPSA) is 72.2 Å². The maximum Gasteiger partial charge on any atom is 0.407 e. The highest BCUT2D eigenvalue weighted by atomic mass is 32.2. The fourth-order valence-electron chi connectivity index (χ4n) is 2.18. The van der Waals surface area contributed by atoms with Gasteiger partial charge in [0.1, 0.15) is 5.54 Å². The van der Waals surface area contributed by atoms with Gasteiger partial charge in [-0.05, 0) is 49.4 Å². The lowest BCUT2D eigenvalue weighted by molar-refractivity contribution is -0.160. The molecule has 0 amide bonds. The van der Waals surface area contributed by atoms with Crippen LogP contribution in [0.4, 0.5) is 13.2 Å². The first-order valence-electron chi connectivity index (χ1n) is 6.43. The molecule has 1 aliphatic rings. The molecule has 0 unspecified atom stereocenters. The summed E-state index contributed by atoms with van der Waals surface area (Å²) >= 11 is 0. The predicted octanol–water partition coefficient (Wildman–Crippen LogP) is 2.14. The van der Waals surface area contributed by atoms with Crippen LogP contribution in [0.5, 0.6) is 0 Å². The van der Waals surface area contributed by atoms with E-state index in [4.69, 9.17) is 5.73 Å².